The second-order valence-electron chi connectivity index (χ2n) is 8.79. The van der Waals surface area contributed by atoms with Crippen LogP contribution in [-0.4, -0.2) is 29.3 Å². The molecule has 1 N–H and O–H groups in total. The Morgan fingerprint density at radius 3 is 1.66 bits per heavy atom. The zero-order valence-corrected chi connectivity index (χ0v) is 21.0. The highest BCUT2D eigenvalue weighted by Crippen LogP contribution is 2.46. The molecule has 178 valence electrons. The van der Waals surface area contributed by atoms with Crippen molar-refractivity contribution in [1.82, 2.24) is 5.32 Å². The summed E-state index contributed by atoms with van der Waals surface area (Å²) in [6.45, 7) is 2.67. The van der Waals surface area contributed by atoms with Gasteiger partial charge in [-0.2, -0.15) is 5.26 Å². The second kappa shape index (κ2) is 11.5. The van der Waals surface area contributed by atoms with E-state index in [0.29, 0.717) is 0 Å². The van der Waals surface area contributed by atoms with Crippen molar-refractivity contribution in [2.24, 2.45) is 0 Å². The van der Waals surface area contributed by atoms with Gasteiger partial charge in [0.2, 0.25) is 0 Å². The molecule has 3 aromatic rings. The fourth-order valence-electron chi connectivity index (χ4n) is 3.79. The Morgan fingerprint density at radius 1 is 0.857 bits per heavy atom. The molecule has 0 saturated carbocycles. The number of ether oxygens (including phenoxy) is 1. The normalized spacial score (nSPS) is 11.5. The third kappa shape index (κ3) is 6.18. The third-order valence-electron chi connectivity index (χ3n) is 5.14. The van der Waals surface area contributed by atoms with Crippen LogP contribution in [-0.2, 0) is 9.53 Å². The third-order valence-corrected chi connectivity index (χ3v) is 9.35. The fraction of sp³-hybridized carbons (Fsp3) is 0.172. The average Bonchev–Trinajstić information content (AvgIpc) is 2.85. The Morgan fingerprint density at radius 2 is 1.29 bits per heavy atom. The molecular formula is C29H29N2O3P. The van der Waals surface area contributed by atoms with E-state index >= 15 is 0 Å². The monoisotopic (exact) mass is 484 g/mol. The molecule has 0 spiro atoms. The maximum absolute atomic E-state index is 13.6. The first kappa shape index (κ1) is 25.7. The van der Waals surface area contributed by atoms with Gasteiger partial charge in [0, 0.05) is 6.54 Å². The number of carbonyl (C=O) groups excluding carboxylic acids is 2. The number of nitrogens with one attached hydrogen (secondary N) is 1. The van der Waals surface area contributed by atoms with Crippen LogP contribution in [0.4, 0.5) is 4.79 Å². The molecule has 0 unspecified atom stereocenters. The van der Waals surface area contributed by atoms with Gasteiger partial charge in [0.1, 0.15) is 17.0 Å². The van der Waals surface area contributed by atoms with E-state index < -0.39 is 18.6 Å². The standard InChI is InChI=1S/C29H29N2O3P/c1-29(2,3)34-28(33)31-21-13-20-26(32)27(22-30)35(23-14-7-4-8-15-23,24-16-9-5-10-17-24)25-18-11-6-12-19-25/h4-20H,21H2,1-3H3,(H,31,33). The highest BCUT2D eigenvalue weighted by Gasteiger charge is 2.32. The van der Waals surface area contributed by atoms with Crippen LogP contribution >= 0.6 is 6.89 Å². The number of carbonyl (C=O) groups is 2. The lowest BCUT2D eigenvalue weighted by Crippen LogP contribution is -2.33. The number of nitrogens with zero attached hydrogens (tertiary/aromatic N) is 1. The van der Waals surface area contributed by atoms with Gasteiger partial charge in [-0.25, -0.2) is 4.79 Å². The van der Waals surface area contributed by atoms with Crippen LogP contribution in [0, 0.1) is 11.3 Å². The summed E-state index contributed by atoms with van der Waals surface area (Å²) in [7, 11) is 0. The lowest BCUT2D eigenvalue weighted by Gasteiger charge is -2.29. The molecule has 0 fully saturated rings. The summed E-state index contributed by atoms with van der Waals surface area (Å²) < 4.78 is 5.22. The van der Waals surface area contributed by atoms with E-state index in [-0.39, 0.29) is 17.6 Å². The predicted octanol–water partition coefficient (Wildman–Crippen LogP) is 4.33. The Hall–Kier alpha value is -3.87. The molecule has 0 aromatic heterocycles. The number of ketones is 1. The van der Waals surface area contributed by atoms with Crippen molar-refractivity contribution < 1.29 is 14.3 Å². The van der Waals surface area contributed by atoms with Gasteiger partial charge in [-0.05, 0) is 49.6 Å². The molecule has 5 nitrogen and oxygen atoms in total. The maximum atomic E-state index is 13.6. The van der Waals surface area contributed by atoms with Crippen molar-refractivity contribution in [1.29, 1.82) is 5.26 Å². The van der Waals surface area contributed by atoms with E-state index in [1.807, 2.05) is 91.0 Å². The Kier molecular flexibility index (Phi) is 8.47. The van der Waals surface area contributed by atoms with Gasteiger partial charge < -0.3 is 10.1 Å². The van der Waals surface area contributed by atoms with Crippen LogP contribution in [0.5, 0.6) is 0 Å². The summed E-state index contributed by atoms with van der Waals surface area (Å²) in [4.78, 5) is 25.5. The van der Waals surface area contributed by atoms with E-state index in [1.165, 1.54) is 6.08 Å². The smallest absolute Gasteiger partial charge is 0.407 e. The summed E-state index contributed by atoms with van der Waals surface area (Å²) in [5, 5.41) is 15.9. The maximum Gasteiger partial charge on any atom is 0.407 e. The minimum absolute atomic E-state index is 0.104. The van der Waals surface area contributed by atoms with Crippen molar-refractivity contribution in [2.75, 3.05) is 6.54 Å². The van der Waals surface area contributed by atoms with E-state index in [4.69, 9.17) is 4.74 Å². The predicted molar refractivity (Wildman–Crippen MR) is 144 cm³/mol. The molecule has 35 heavy (non-hydrogen) atoms. The largest absolute Gasteiger partial charge is 0.444 e. The van der Waals surface area contributed by atoms with Gasteiger partial charge in [0.25, 0.3) is 0 Å². The molecule has 1 amide bonds. The summed E-state index contributed by atoms with van der Waals surface area (Å²) >= 11 is 0. The Balaban J connectivity index is 2.15. The van der Waals surface area contributed by atoms with Crippen molar-refractivity contribution in [3.63, 3.8) is 0 Å². The molecule has 0 aliphatic carbocycles. The fourth-order valence-corrected chi connectivity index (χ4v) is 7.87. The molecule has 0 bridgehead atoms. The lowest BCUT2D eigenvalue weighted by atomic mass is 10.2. The molecule has 0 aliphatic rings. The van der Waals surface area contributed by atoms with E-state index in [1.54, 1.807) is 26.8 Å². The highest BCUT2D eigenvalue weighted by atomic mass is 31.2. The molecule has 0 saturated heterocycles. The van der Waals surface area contributed by atoms with Crippen LogP contribution in [0.2, 0.25) is 0 Å². The molecule has 0 aliphatic heterocycles. The summed E-state index contributed by atoms with van der Waals surface area (Å²) in [6.07, 6.45) is 2.33. The minimum atomic E-state index is -2.77. The van der Waals surface area contributed by atoms with Crippen LogP contribution in [0.15, 0.2) is 103 Å². The molecule has 3 rings (SSSR count). The number of hydrogen-bond acceptors (Lipinski definition) is 4. The first-order valence-corrected chi connectivity index (χ1v) is 13.1. The molecule has 0 heterocycles. The molecule has 3 aromatic carbocycles. The Labute approximate surface area is 207 Å². The lowest BCUT2D eigenvalue weighted by molar-refractivity contribution is -0.108. The number of alkyl carbamates (subject to hydrolysis) is 1. The van der Waals surface area contributed by atoms with Gasteiger partial charge in [-0.1, -0.05) is 97.1 Å². The number of rotatable bonds is 7. The zero-order valence-electron chi connectivity index (χ0n) is 20.1. The van der Waals surface area contributed by atoms with Crippen LogP contribution < -0.4 is 21.2 Å². The van der Waals surface area contributed by atoms with Gasteiger partial charge in [-0.3, -0.25) is 4.79 Å². The first-order valence-electron chi connectivity index (χ1n) is 11.3. The SMILES string of the molecule is CC(C)(C)OC(=O)NCC=CC(=O)C(C#N)=P(c1ccccc1)(c1ccccc1)c1ccccc1. The van der Waals surface area contributed by atoms with Gasteiger partial charge in [0.05, 0.1) is 0 Å². The summed E-state index contributed by atoms with van der Waals surface area (Å²) in [5.74, 6) is -0.386. The van der Waals surface area contributed by atoms with Crippen molar-refractivity contribution in [3.05, 3.63) is 103 Å². The van der Waals surface area contributed by atoms with Crippen LogP contribution in [0.25, 0.3) is 0 Å². The van der Waals surface area contributed by atoms with Gasteiger partial charge >= 0.3 is 6.09 Å². The molecule has 6 heteroatoms. The van der Waals surface area contributed by atoms with Gasteiger partial charge in [-0.15, -0.1) is 0 Å². The van der Waals surface area contributed by atoms with Gasteiger partial charge in [0.15, 0.2) is 5.78 Å². The van der Waals surface area contributed by atoms with Crippen molar-refractivity contribution >= 4 is 40.0 Å². The first-order chi connectivity index (χ1) is 16.8. The average molecular weight is 485 g/mol. The number of allylic oxidation sites excluding steroid dienone is 1. The molecular weight excluding hydrogens is 455 g/mol. The number of benzene rings is 3. The topological polar surface area (TPSA) is 79.2 Å². The quantitative estimate of drug-likeness (QED) is 0.400. The number of amides is 1. The highest BCUT2D eigenvalue weighted by molar-refractivity contribution is 7.97. The number of hydrogen-bond donors (Lipinski definition) is 1. The van der Waals surface area contributed by atoms with E-state index in [0.717, 1.165) is 15.9 Å². The molecule has 0 atom stereocenters. The van der Waals surface area contributed by atoms with Crippen LogP contribution in [0.3, 0.4) is 0 Å². The van der Waals surface area contributed by atoms with E-state index in [2.05, 4.69) is 11.4 Å². The second-order valence-corrected chi connectivity index (χ2v) is 12.1. The van der Waals surface area contributed by atoms with Crippen LogP contribution in [0.1, 0.15) is 20.8 Å². The summed E-state index contributed by atoms with van der Waals surface area (Å²) in [6, 6.07) is 31.5. The Bertz CT molecular complexity index is 1180. The van der Waals surface area contributed by atoms with E-state index in [9.17, 15) is 14.9 Å². The van der Waals surface area contributed by atoms with Crippen molar-refractivity contribution in [3.8, 4) is 6.07 Å². The molecule has 0 radical (unpaired) electrons. The summed E-state index contributed by atoms with van der Waals surface area (Å²) in [5.41, 5.74) is -0.615. The minimum Gasteiger partial charge on any atom is -0.444 e. The zero-order chi connectivity index (χ0) is 25.3. The van der Waals surface area contributed by atoms with Crippen molar-refractivity contribution in [2.45, 2.75) is 26.4 Å². The number of nitriles is 1.